The summed E-state index contributed by atoms with van der Waals surface area (Å²) in [6.07, 6.45) is -0.497. The fourth-order valence-electron chi connectivity index (χ4n) is 4.82. The molecule has 2 aliphatic rings. The fourth-order valence-corrected chi connectivity index (χ4v) is 4.82. The molecule has 218 valence electrons. The minimum atomic E-state index is -1.19. The molecule has 1 aliphatic carbocycles. The van der Waals surface area contributed by atoms with Gasteiger partial charge in [-0.05, 0) is 62.3 Å². The Bertz CT molecular complexity index is 1260. The van der Waals surface area contributed by atoms with Crippen molar-refractivity contribution in [2.45, 2.75) is 70.4 Å². The monoisotopic (exact) mass is 565 g/mol. The number of amides is 4. The van der Waals surface area contributed by atoms with Crippen LogP contribution in [0.1, 0.15) is 69.9 Å². The first-order valence-corrected chi connectivity index (χ1v) is 13.7. The number of nitrogens with zero attached hydrogens (tertiary/aromatic N) is 1. The maximum Gasteiger partial charge on any atom is 0.407 e. The minimum absolute atomic E-state index is 0.0462. The van der Waals surface area contributed by atoms with E-state index < -0.39 is 41.6 Å². The molecular formula is C30H35N3O8. The first-order chi connectivity index (χ1) is 19.5. The Morgan fingerprint density at radius 2 is 1.49 bits per heavy atom. The van der Waals surface area contributed by atoms with Gasteiger partial charge < -0.3 is 24.9 Å². The maximum atomic E-state index is 12.9. The van der Waals surface area contributed by atoms with Crippen LogP contribution in [0.5, 0.6) is 0 Å². The van der Waals surface area contributed by atoms with Crippen molar-refractivity contribution in [3.8, 4) is 11.1 Å². The molecule has 4 rings (SSSR count). The van der Waals surface area contributed by atoms with Crippen molar-refractivity contribution in [3.05, 3.63) is 59.7 Å². The molecule has 0 bridgehead atoms. The number of unbranched alkanes of at least 4 members (excludes halogenated alkanes) is 1. The first kappa shape index (κ1) is 29.6. The Hall–Kier alpha value is -4.41. The standard InChI is InChI=1S/C30H35N3O8/c1-30(2,3)40-28(37)31-17-9-8-14-24(27(36)41-33-25(34)15-16-26(33)35)32-29(38)39-18-23-21-12-6-4-10-19(21)20-11-5-7-13-22(20)23/h4-7,10-13,23-24H,8-9,14-18H2,1-3H3,(H,31,37)(H,32,38)/t24-/m0/s1. The third-order valence-electron chi connectivity index (χ3n) is 6.70. The summed E-state index contributed by atoms with van der Waals surface area (Å²) in [6, 6.07) is 14.6. The molecule has 11 heteroatoms. The van der Waals surface area contributed by atoms with Gasteiger partial charge >= 0.3 is 18.2 Å². The van der Waals surface area contributed by atoms with E-state index in [1.807, 2.05) is 48.5 Å². The normalized spacial score (nSPS) is 15.1. The minimum Gasteiger partial charge on any atom is -0.449 e. The molecule has 41 heavy (non-hydrogen) atoms. The van der Waals surface area contributed by atoms with Gasteiger partial charge in [-0.2, -0.15) is 0 Å². The smallest absolute Gasteiger partial charge is 0.407 e. The van der Waals surface area contributed by atoms with Crippen LogP contribution in [0.25, 0.3) is 11.1 Å². The highest BCUT2D eigenvalue weighted by atomic mass is 16.7. The number of hydroxylamine groups is 2. The molecule has 0 spiro atoms. The third-order valence-corrected chi connectivity index (χ3v) is 6.70. The molecule has 2 aromatic carbocycles. The molecule has 1 atom stereocenters. The highest BCUT2D eigenvalue weighted by Crippen LogP contribution is 2.44. The highest BCUT2D eigenvalue weighted by molar-refractivity contribution is 6.01. The second kappa shape index (κ2) is 12.8. The number of rotatable bonds is 10. The van der Waals surface area contributed by atoms with Crippen LogP contribution in [0.15, 0.2) is 48.5 Å². The van der Waals surface area contributed by atoms with Crippen LogP contribution in [0, 0.1) is 0 Å². The first-order valence-electron chi connectivity index (χ1n) is 13.7. The number of carbonyl (C=O) groups excluding carboxylic acids is 5. The number of benzene rings is 2. The Kier molecular flexibility index (Phi) is 9.26. The van der Waals surface area contributed by atoms with E-state index in [-0.39, 0.29) is 38.3 Å². The number of ether oxygens (including phenoxy) is 2. The molecule has 11 nitrogen and oxygen atoms in total. The van der Waals surface area contributed by atoms with Crippen molar-refractivity contribution in [1.82, 2.24) is 15.7 Å². The van der Waals surface area contributed by atoms with E-state index in [4.69, 9.17) is 14.3 Å². The zero-order chi connectivity index (χ0) is 29.6. The largest absolute Gasteiger partial charge is 0.449 e. The van der Waals surface area contributed by atoms with Gasteiger partial charge in [0, 0.05) is 25.3 Å². The molecule has 0 aromatic heterocycles. The van der Waals surface area contributed by atoms with E-state index in [2.05, 4.69) is 10.6 Å². The molecule has 0 saturated carbocycles. The van der Waals surface area contributed by atoms with E-state index in [9.17, 15) is 24.0 Å². The molecule has 4 amide bonds. The van der Waals surface area contributed by atoms with Crippen molar-refractivity contribution < 1.29 is 38.3 Å². The van der Waals surface area contributed by atoms with E-state index in [1.165, 1.54) is 0 Å². The second-order valence-electron chi connectivity index (χ2n) is 10.9. The van der Waals surface area contributed by atoms with Gasteiger partial charge in [0.15, 0.2) is 0 Å². The van der Waals surface area contributed by atoms with Crippen molar-refractivity contribution >= 4 is 30.0 Å². The molecule has 1 heterocycles. The molecule has 1 saturated heterocycles. The lowest BCUT2D eigenvalue weighted by molar-refractivity contribution is -0.199. The molecule has 1 aliphatic heterocycles. The van der Waals surface area contributed by atoms with E-state index in [0.29, 0.717) is 17.9 Å². The number of imide groups is 1. The zero-order valence-corrected chi connectivity index (χ0v) is 23.4. The lowest BCUT2D eigenvalue weighted by atomic mass is 9.98. The Morgan fingerprint density at radius 3 is 2.07 bits per heavy atom. The predicted octanol–water partition coefficient (Wildman–Crippen LogP) is 4.20. The van der Waals surface area contributed by atoms with Crippen LogP contribution in [0.3, 0.4) is 0 Å². The van der Waals surface area contributed by atoms with Crippen molar-refractivity contribution in [2.24, 2.45) is 0 Å². The zero-order valence-electron chi connectivity index (χ0n) is 23.4. The van der Waals surface area contributed by atoms with Crippen molar-refractivity contribution in [3.63, 3.8) is 0 Å². The lowest BCUT2D eigenvalue weighted by Crippen LogP contribution is -2.45. The number of hydrogen-bond donors (Lipinski definition) is 2. The van der Waals surface area contributed by atoms with Crippen LogP contribution in [-0.2, 0) is 28.7 Å². The van der Waals surface area contributed by atoms with Gasteiger partial charge in [0.05, 0.1) is 0 Å². The molecule has 0 radical (unpaired) electrons. The van der Waals surface area contributed by atoms with Crippen LogP contribution < -0.4 is 10.6 Å². The number of nitrogens with one attached hydrogen (secondary N) is 2. The SMILES string of the molecule is CC(C)(C)OC(=O)NCCCC[C@H](NC(=O)OCC1c2ccccc2-c2ccccc21)C(=O)ON1C(=O)CCC1=O. The molecule has 2 aromatic rings. The average molecular weight is 566 g/mol. The summed E-state index contributed by atoms with van der Waals surface area (Å²) in [5.74, 6) is -2.37. The topological polar surface area (TPSA) is 140 Å². The number of carbonyl (C=O) groups is 5. The van der Waals surface area contributed by atoms with Crippen LogP contribution in [0.2, 0.25) is 0 Å². The summed E-state index contributed by atoms with van der Waals surface area (Å²) < 4.78 is 10.8. The highest BCUT2D eigenvalue weighted by Gasteiger charge is 2.36. The van der Waals surface area contributed by atoms with Crippen molar-refractivity contribution in [2.75, 3.05) is 13.2 Å². The predicted molar refractivity (Wildman–Crippen MR) is 147 cm³/mol. The van der Waals surface area contributed by atoms with Gasteiger partial charge in [0.2, 0.25) is 0 Å². The van der Waals surface area contributed by atoms with Gasteiger partial charge in [-0.3, -0.25) is 9.59 Å². The summed E-state index contributed by atoms with van der Waals surface area (Å²) >= 11 is 0. The maximum absolute atomic E-state index is 12.9. The van der Waals surface area contributed by atoms with Crippen LogP contribution >= 0.6 is 0 Å². The van der Waals surface area contributed by atoms with E-state index >= 15 is 0 Å². The average Bonchev–Trinajstić information content (AvgIpc) is 3.41. The lowest BCUT2D eigenvalue weighted by Gasteiger charge is -2.21. The second-order valence-corrected chi connectivity index (χ2v) is 10.9. The fraction of sp³-hybridized carbons (Fsp3) is 0.433. The third kappa shape index (κ3) is 7.62. The van der Waals surface area contributed by atoms with Gasteiger partial charge in [-0.1, -0.05) is 48.5 Å². The van der Waals surface area contributed by atoms with Gasteiger partial charge in [-0.15, -0.1) is 5.06 Å². The Labute approximate surface area is 238 Å². The quantitative estimate of drug-likeness (QED) is 0.323. The molecule has 2 N–H and O–H groups in total. The van der Waals surface area contributed by atoms with Gasteiger partial charge in [0.25, 0.3) is 11.8 Å². The Morgan fingerprint density at radius 1 is 0.902 bits per heavy atom. The van der Waals surface area contributed by atoms with E-state index in [1.54, 1.807) is 20.8 Å². The number of hydrogen-bond acceptors (Lipinski definition) is 8. The van der Waals surface area contributed by atoms with Crippen LogP contribution in [-0.4, -0.2) is 59.8 Å². The van der Waals surface area contributed by atoms with Crippen LogP contribution in [0.4, 0.5) is 9.59 Å². The van der Waals surface area contributed by atoms with Gasteiger partial charge in [0.1, 0.15) is 18.2 Å². The van der Waals surface area contributed by atoms with Gasteiger partial charge in [-0.25, -0.2) is 14.4 Å². The molecule has 0 unspecified atom stereocenters. The summed E-state index contributed by atoms with van der Waals surface area (Å²) in [7, 11) is 0. The summed E-state index contributed by atoms with van der Waals surface area (Å²) in [5.41, 5.74) is 3.62. The Balaban J connectivity index is 1.35. The number of alkyl carbamates (subject to hydrolysis) is 2. The van der Waals surface area contributed by atoms with E-state index in [0.717, 1.165) is 22.3 Å². The summed E-state index contributed by atoms with van der Waals surface area (Å²) in [4.78, 5) is 66.6. The summed E-state index contributed by atoms with van der Waals surface area (Å²) in [5, 5.41) is 5.60. The number of fused-ring (bicyclic) bond motifs is 3. The molecular weight excluding hydrogens is 530 g/mol. The van der Waals surface area contributed by atoms with Crippen molar-refractivity contribution in [1.29, 1.82) is 0 Å². The summed E-state index contributed by atoms with van der Waals surface area (Å²) in [6.45, 7) is 5.60. The molecule has 1 fully saturated rings.